The van der Waals surface area contributed by atoms with Crippen molar-refractivity contribution in [3.8, 4) is 11.8 Å². The van der Waals surface area contributed by atoms with Crippen molar-refractivity contribution >= 4 is 5.97 Å². The predicted octanol–water partition coefficient (Wildman–Crippen LogP) is 1.50. The molecule has 4 nitrogen and oxygen atoms in total. The number of esters is 1. The zero-order valence-electron chi connectivity index (χ0n) is 8.40. The Morgan fingerprint density at radius 2 is 2.33 bits per heavy atom. The van der Waals surface area contributed by atoms with Gasteiger partial charge in [-0.05, 0) is 25.1 Å². The minimum absolute atomic E-state index is 0.136. The van der Waals surface area contributed by atoms with Crippen molar-refractivity contribution in [2.45, 2.75) is 6.92 Å². The van der Waals surface area contributed by atoms with Crippen molar-refractivity contribution in [3.05, 3.63) is 29.8 Å². The average Bonchev–Trinajstić information content (AvgIpc) is 2.27. The number of nitrogens with zero attached hydrogens (tertiary/aromatic N) is 1. The van der Waals surface area contributed by atoms with E-state index in [-0.39, 0.29) is 6.61 Å². The highest BCUT2D eigenvalue weighted by atomic mass is 16.6. The Morgan fingerprint density at radius 3 is 3.00 bits per heavy atom. The molecule has 0 aromatic heterocycles. The van der Waals surface area contributed by atoms with Gasteiger partial charge in [0.05, 0.1) is 18.2 Å². The molecule has 0 bridgehead atoms. The maximum absolute atomic E-state index is 11.0. The molecular formula is C11H11NO3. The highest BCUT2D eigenvalue weighted by Gasteiger charge is 2.02. The summed E-state index contributed by atoms with van der Waals surface area (Å²) in [5, 5.41) is 8.63. The van der Waals surface area contributed by atoms with E-state index in [1.807, 2.05) is 6.07 Å². The van der Waals surface area contributed by atoms with Crippen LogP contribution in [-0.4, -0.2) is 19.2 Å². The summed E-state index contributed by atoms with van der Waals surface area (Å²) in [6.07, 6.45) is 0. The highest BCUT2D eigenvalue weighted by Crippen LogP contribution is 2.12. The smallest absolute Gasteiger partial charge is 0.344 e. The minimum Gasteiger partial charge on any atom is -0.482 e. The van der Waals surface area contributed by atoms with Crippen LogP contribution in [0.4, 0.5) is 0 Å². The van der Waals surface area contributed by atoms with Gasteiger partial charge < -0.3 is 9.47 Å². The van der Waals surface area contributed by atoms with Crippen molar-refractivity contribution in [2.24, 2.45) is 0 Å². The Balaban J connectivity index is 2.51. The lowest BCUT2D eigenvalue weighted by Crippen LogP contribution is -2.14. The van der Waals surface area contributed by atoms with Crippen LogP contribution in [-0.2, 0) is 9.53 Å². The van der Waals surface area contributed by atoms with E-state index in [2.05, 4.69) is 0 Å². The van der Waals surface area contributed by atoms with Gasteiger partial charge in [-0.25, -0.2) is 4.79 Å². The normalized spacial score (nSPS) is 9.07. The van der Waals surface area contributed by atoms with Crippen LogP contribution in [0, 0.1) is 11.3 Å². The molecular weight excluding hydrogens is 194 g/mol. The van der Waals surface area contributed by atoms with Gasteiger partial charge in [0.25, 0.3) is 0 Å². The fourth-order valence-corrected chi connectivity index (χ4v) is 1.00. The van der Waals surface area contributed by atoms with Gasteiger partial charge in [-0.3, -0.25) is 0 Å². The first-order chi connectivity index (χ1) is 7.26. The van der Waals surface area contributed by atoms with E-state index in [4.69, 9.17) is 14.7 Å². The molecule has 0 unspecified atom stereocenters. The lowest BCUT2D eigenvalue weighted by Gasteiger charge is -2.05. The Bertz CT molecular complexity index is 382. The zero-order valence-corrected chi connectivity index (χ0v) is 8.40. The number of hydrogen-bond acceptors (Lipinski definition) is 4. The van der Waals surface area contributed by atoms with Crippen molar-refractivity contribution < 1.29 is 14.3 Å². The zero-order chi connectivity index (χ0) is 11.1. The minimum atomic E-state index is -0.417. The van der Waals surface area contributed by atoms with Crippen LogP contribution in [0.15, 0.2) is 24.3 Å². The summed E-state index contributed by atoms with van der Waals surface area (Å²) in [6, 6.07) is 8.59. The van der Waals surface area contributed by atoms with Crippen LogP contribution in [0.5, 0.6) is 5.75 Å². The number of rotatable bonds is 4. The number of carbonyl (C=O) groups excluding carboxylic acids is 1. The number of carbonyl (C=O) groups is 1. The molecule has 0 saturated heterocycles. The van der Waals surface area contributed by atoms with E-state index in [9.17, 15) is 4.79 Å². The fourth-order valence-electron chi connectivity index (χ4n) is 1.00. The third-order valence-corrected chi connectivity index (χ3v) is 1.63. The van der Waals surface area contributed by atoms with Crippen LogP contribution >= 0.6 is 0 Å². The first-order valence-electron chi connectivity index (χ1n) is 4.55. The van der Waals surface area contributed by atoms with Gasteiger partial charge in [-0.15, -0.1) is 0 Å². The molecule has 0 radical (unpaired) electrons. The average molecular weight is 205 g/mol. The molecule has 1 aromatic rings. The van der Waals surface area contributed by atoms with Crippen molar-refractivity contribution in [1.82, 2.24) is 0 Å². The molecule has 0 saturated carbocycles. The van der Waals surface area contributed by atoms with Gasteiger partial charge in [0.2, 0.25) is 0 Å². The van der Waals surface area contributed by atoms with Crippen molar-refractivity contribution in [1.29, 1.82) is 5.26 Å². The Kier molecular flexibility index (Phi) is 4.17. The SMILES string of the molecule is CCOC(=O)COc1cccc(C#N)c1. The maximum atomic E-state index is 11.0. The van der Waals surface area contributed by atoms with Crippen LogP contribution in [0.3, 0.4) is 0 Å². The molecule has 15 heavy (non-hydrogen) atoms. The molecule has 4 heteroatoms. The number of nitriles is 1. The summed E-state index contributed by atoms with van der Waals surface area (Å²) in [5.74, 6) is 0.0713. The first-order valence-corrected chi connectivity index (χ1v) is 4.55. The molecule has 1 rings (SSSR count). The molecule has 0 amide bonds. The van der Waals surface area contributed by atoms with Crippen molar-refractivity contribution in [2.75, 3.05) is 13.2 Å². The molecule has 0 aliphatic carbocycles. The number of ether oxygens (including phenoxy) is 2. The molecule has 78 valence electrons. The van der Waals surface area contributed by atoms with Gasteiger partial charge in [0.1, 0.15) is 5.75 Å². The quantitative estimate of drug-likeness (QED) is 0.699. The lowest BCUT2D eigenvalue weighted by molar-refractivity contribution is -0.145. The third-order valence-electron chi connectivity index (χ3n) is 1.63. The summed E-state index contributed by atoms with van der Waals surface area (Å²) < 4.78 is 9.83. The summed E-state index contributed by atoms with van der Waals surface area (Å²) in [6.45, 7) is 1.93. The molecule has 0 atom stereocenters. The fraction of sp³-hybridized carbons (Fsp3) is 0.273. The first kappa shape index (κ1) is 11.1. The van der Waals surface area contributed by atoms with Gasteiger partial charge in [-0.2, -0.15) is 5.26 Å². The van der Waals surface area contributed by atoms with Gasteiger partial charge >= 0.3 is 5.97 Å². The molecule has 0 N–H and O–H groups in total. The van der Waals surface area contributed by atoms with Gasteiger partial charge in [0, 0.05) is 0 Å². The second-order valence-corrected chi connectivity index (χ2v) is 2.73. The van der Waals surface area contributed by atoms with Crippen LogP contribution in [0.2, 0.25) is 0 Å². The monoisotopic (exact) mass is 205 g/mol. The van der Waals surface area contributed by atoms with E-state index in [0.717, 1.165) is 0 Å². The van der Waals surface area contributed by atoms with Crippen LogP contribution in [0.25, 0.3) is 0 Å². The molecule has 0 heterocycles. The highest BCUT2D eigenvalue weighted by molar-refractivity contribution is 5.71. The molecule has 0 spiro atoms. The molecule has 0 aliphatic heterocycles. The van der Waals surface area contributed by atoms with E-state index in [1.54, 1.807) is 31.2 Å². The van der Waals surface area contributed by atoms with Crippen LogP contribution in [0.1, 0.15) is 12.5 Å². The standard InChI is InChI=1S/C11H11NO3/c1-2-14-11(13)8-15-10-5-3-4-9(6-10)7-12/h3-6H,2,8H2,1H3. The summed E-state index contributed by atoms with van der Waals surface area (Å²) in [5.41, 5.74) is 0.497. The predicted molar refractivity (Wildman–Crippen MR) is 53.3 cm³/mol. The summed E-state index contributed by atoms with van der Waals surface area (Å²) >= 11 is 0. The second kappa shape index (κ2) is 5.66. The van der Waals surface area contributed by atoms with Gasteiger partial charge in [0.15, 0.2) is 6.61 Å². The lowest BCUT2D eigenvalue weighted by atomic mass is 10.2. The van der Waals surface area contributed by atoms with Gasteiger partial charge in [-0.1, -0.05) is 6.07 Å². The number of hydrogen-bond donors (Lipinski definition) is 0. The van der Waals surface area contributed by atoms with Crippen molar-refractivity contribution in [3.63, 3.8) is 0 Å². The van der Waals surface area contributed by atoms with E-state index >= 15 is 0 Å². The molecule has 1 aromatic carbocycles. The molecule has 0 aliphatic rings. The largest absolute Gasteiger partial charge is 0.482 e. The summed E-state index contributed by atoms with van der Waals surface area (Å²) in [7, 11) is 0. The Morgan fingerprint density at radius 1 is 1.53 bits per heavy atom. The Labute approximate surface area is 88.0 Å². The van der Waals surface area contributed by atoms with E-state index in [1.165, 1.54) is 0 Å². The maximum Gasteiger partial charge on any atom is 0.344 e. The number of benzene rings is 1. The summed E-state index contributed by atoms with van der Waals surface area (Å²) in [4.78, 5) is 11.0. The van der Waals surface area contributed by atoms with E-state index in [0.29, 0.717) is 17.9 Å². The topological polar surface area (TPSA) is 59.3 Å². The van der Waals surface area contributed by atoms with Crippen LogP contribution < -0.4 is 4.74 Å². The molecule has 0 fully saturated rings. The second-order valence-electron chi connectivity index (χ2n) is 2.73. The third kappa shape index (κ3) is 3.69. The Hall–Kier alpha value is -2.02. The van der Waals surface area contributed by atoms with E-state index < -0.39 is 5.97 Å².